The van der Waals surface area contributed by atoms with Crippen LogP contribution in [0.3, 0.4) is 0 Å². The summed E-state index contributed by atoms with van der Waals surface area (Å²) < 4.78 is 31.5. The molecule has 0 saturated carbocycles. The number of carbonyl (C=O) groups is 4. The summed E-state index contributed by atoms with van der Waals surface area (Å²) in [5, 5.41) is -1.18. The summed E-state index contributed by atoms with van der Waals surface area (Å²) in [5.41, 5.74) is 5.48. The number of aromatic nitrogens is 1. The molecule has 2 atom stereocenters. The van der Waals surface area contributed by atoms with Crippen LogP contribution in [0.2, 0.25) is 0 Å². The second kappa shape index (κ2) is 9.31. The molecule has 0 bridgehead atoms. The van der Waals surface area contributed by atoms with E-state index in [1.807, 2.05) is 0 Å². The van der Waals surface area contributed by atoms with Crippen LogP contribution in [-0.4, -0.2) is 70.7 Å². The molecule has 1 aromatic heterocycles. The van der Waals surface area contributed by atoms with E-state index in [2.05, 4.69) is 4.98 Å². The molecule has 3 heterocycles. The Bertz CT molecular complexity index is 1230. The molecule has 2 saturated heterocycles. The van der Waals surface area contributed by atoms with E-state index >= 15 is 0 Å². The maximum Gasteiger partial charge on any atom is 0.409 e. The number of nitrogens with two attached hydrogens (primary N) is 1. The van der Waals surface area contributed by atoms with E-state index in [1.165, 1.54) is 41.8 Å². The van der Waals surface area contributed by atoms with E-state index in [1.54, 1.807) is 18.2 Å². The van der Waals surface area contributed by atoms with Crippen molar-refractivity contribution in [3.05, 3.63) is 66.3 Å². The molecule has 0 spiro atoms. The fourth-order valence-electron chi connectivity index (χ4n) is 4.20. The minimum absolute atomic E-state index is 0.186. The Morgan fingerprint density at radius 2 is 1.88 bits per heavy atom. The quantitative estimate of drug-likeness (QED) is 0.612. The van der Waals surface area contributed by atoms with Gasteiger partial charge in [0.2, 0.25) is 5.91 Å². The average Bonchev–Trinajstić information content (AvgIpc) is 3.39. The number of nitrogens with zero attached hydrogens (tertiary/aromatic N) is 3. The van der Waals surface area contributed by atoms with Crippen molar-refractivity contribution in [1.29, 1.82) is 0 Å². The molecule has 2 aromatic rings. The van der Waals surface area contributed by atoms with E-state index < -0.39 is 51.6 Å². The Morgan fingerprint density at radius 1 is 1.15 bits per heavy atom. The predicted molar refractivity (Wildman–Crippen MR) is 118 cm³/mol. The lowest BCUT2D eigenvalue weighted by Crippen LogP contribution is -2.44. The van der Waals surface area contributed by atoms with Crippen LogP contribution in [0.4, 0.5) is 4.79 Å². The van der Waals surface area contributed by atoms with Gasteiger partial charge in [0.1, 0.15) is 17.5 Å². The predicted octanol–water partition coefficient (Wildman–Crippen LogP) is 0.310. The molecule has 2 unspecified atom stereocenters. The van der Waals surface area contributed by atoms with Crippen LogP contribution in [0.5, 0.6) is 5.75 Å². The second-order valence-electron chi connectivity index (χ2n) is 7.82. The van der Waals surface area contributed by atoms with Crippen molar-refractivity contribution in [1.82, 2.24) is 14.2 Å². The maximum absolute atomic E-state index is 12.9. The molecule has 4 rings (SSSR count). The number of likely N-dealkylation sites (tertiary alicyclic amines) is 1. The van der Waals surface area contributed by atoms with Crippen LogP contribution in [0.1, 0.15) is 22.5 Å². The number of sulfonamides is 1. The Labute approximate surface area is 195 Å². The molecule has 0 aliphatic carbocycles. The normalized spacial score (nSPS) is 20.2. The molecule has 1 aromatic carbocycles. The highest BCUT2D eigenvalue weighted by atomic mass is 32.2. The van der Waals surface area contributed by atoms with E-state index in [0.29, 0.717) is 0 Å². The molecule has 2 fully saturated rings. The zero-order valence-electron chi connectivity index (χ0n) is 17.9. The van der Waals surface area contributed by atoms with Crippen LogP contribution in [0, 0.1) is 6.42 Å². The van der Waals surface area contributed by atoms with Gasteiger partial charge in [0.05, 0.1) is 19.0 Å². The van der Waals surface area contributed by atoms with Gasteiger partial charge in [-0.2, -0.15) is 4.31 Å². The number of Topliss-reactive ketones (excluding diaryl/α,β-unsaturated/α-hetero) is 1. The third-order valence-corrected chi connectivity index (χ3v) is 7.43. The summed E-state index contributed by atoms with van der Waals surface area (Å²) in [6.07, 6.45) is 2.26. The van der Waals surface area contributed by atoms with E-state index in [0.717, 1.165) is 9.87 Å². The van der Waals surface area contributed by atoms with Gasteiger partial charge in [-0.1, -0.05) is 18.2 Å². The summed E-state index contributed by atoms with van der Waals surface area (Å²) in [7, 11) is -4.48. The van der Waals surface area contributed by atoms with Crippen molar-refractivity contribution in [3.8, 4) is 5.75 Å². The van der Waals surface area contributed by atoms with Gasteiger partial charge in [0.15, 0.2) is 5.78 Å². The van der Waals surface area contributed by atoms with Crippen LogP contribution < -0.4 is 10.5 Å². The van der Waals surface area contributed by atoms with Crippen molar-refractivity contribution >= 4 is 32.9 Å². The number of hydrogen-bond donors (Lipinski definition) is 1. The second-order valence-corrected chi connectivity index (χ2v) is 9.61. The lowest BCUT2D eigenvalue weighted by atomic mass is 10.1. The number of amides is 2. The molecular formula is C22H21N4O7S. The number of benzene rings is 1. The van der Waals surface area contributed by atoms with Gasteiger partial charge in [-0.15, -0.1) is 0 Å². The lowest BCUT2D eigenvalue weighted by Gasteiger charge is -2.23. The Kier molecular flexibility index (Phi) is 6.44. The van der Waals surface area contributed by atoms with Crippen LogP contribution >= 0.6 is 0 Å². The molecule has 34 heavy (non-hydrogen) atoms. The van der Waals surface area contributed by atoms with Crippen LogP contribution in [-0.2, 0) is 26.0 Å². The average molecular weight is 485 g/mol. The minimum atomic E-state index is -4.48. The molecule has 2 aliphatic rings. The van der Waals surface area contributed by atoms with Gasteiger partial charge in [-0.3, -0.25) is 19.4 Å². The molecule has 2 amide bonds. The first-order valence-electron chi connectivity index (χ1n) is 10.4. The number of primary amides is 1. The van der Waals surface area contributed by atoms with Crippen molar-refractivity contribution in [2.24, 2.45) is 5.73 Å². The van der Waals surface area contributed by atoms with Gasteiger partial charge in [0, 0.05) is 12.7 Å². The number of fused-ring (bicyclic) bond motifs is 1. The smallest absolute Gasteiger partial charge is 0.409 e. The maximum atomic E-state index is 12.9. The number of ketones is 1. The van der Waals surface area contributed by atoms with Crippen molar-refractivity contribution in [2.45, 2.75) is 24.9 Å². The summed E-state index contributed by atoms with van der Waals surface area (Å²) in [4.78, 5) is 54.0. The van der Waals surface area contributed by atoms with Gasteiger partial charge < -0.3 is 15.4 Å². The zero-order valence-corrected chi connectivity index (χ0v) is 18.7. The first-order valence-corrected chi connectivity index (χ1v) is 11.8. The number of carbonyl (C=O) groups excluding carboxylic acids is 4. The highest BCUT2D eigenvalue weighted by Crippen LogP contribution is 2.33. The largest absolute Gasteiger partial charge is 0.411 e. The number of hydrogen-bond acceptors (Lipinski definition) is 8. The minimum Gasteiger partial charge on any atom is -0.411 e. The fourth-order valence-corrected chi connectivity index (χ4v) is 5.67. The van der Waals surface area contributed by atoms with Gasteiger partial charge in [-0.05, 0) is 42.7 Å². The Balaban J connectivity index is 1.42. The number of rotatable bonds is 6. The van der Waals surface area contributed by atoms with Crippen LogP contribution in [0.15, 0.2) is 48.7 Å². The first kappa shape index (κ1) is 23.5. The van der Waals surface area contributed by atoms with Gasteiger partial charge in [0.25, 0.3) is 10.0 Å². The third kappa shape index (κ3) is 4.54. The molecule has 1 radical (unpaired) electrons. The first-order chi connectivity index (χ1) is 16.2. The molecule has 177 valence electrons. The van der Waals surface area contributed by atoms with Crippen LogP contribution in [0.25, 0.3) is 0 Å². The number of ether oxygens (including phenoxy) is 1. The lowest BCUT2D eigenvalue weighted by molar-refractivity contribution is -0.133. The zero-order chi connectivity index (χ0) is 24.5. The molecular weight excluding hydrogens is 464 g/mol. The number of pyridine rings is 1. The highest BCUT2D eigenvalue weighted by molar-refractivity contribution is 8.04. The third-order valence-electron chi connectivity index (χ3n) is 5.73. The standard InChI is InChI=1S/C22H21N4O7S/c23-22(30)33-15-7-4-14(5-8-15)6-9-19(28)25-12-10-17-20(25)18(27)13-26(17)34(31,32)21(29)16-3-1-2-11-24-16/h1-5,7-9,11,17,20H,6,10,12-13H2,(H2,23,30). The van der Waals surface area contributed by atoms with E-state index in [4.69, 9.17) is 10.5 Å². The highest BCUT2D eigenvalue weighted by Gasteiger charge is 2.54. The van der Waals surface area contributed by atoms with Gasteiger partial charge >= 0.3 is 11.2 Å². The summed E-state index contributed by atoms with van der Waals surface area (Å²) >= 11 is 0. The SMILES string of the molecule is NC(=O)Oc1ccc(C[CH]C(=O)N2CCC3C2C(=O)CN3S(=O)(=O)C(=O)c2ccccn2)cc1. The Morgan fingerprint density at radius 3 is 2.53 bits per heavy atom. The van der Waals surface area contributed by atoms with E-state index in [9.17, 15) is 27.6 Å². The molecule has 2 aliphatic heterocycles. The van der Waals surface area contributed by atoms with E-state index in [-0.39, 0.29) is 30.8 Å². The molecule has 12 heteroatoms. The summed E-state index contributed by atoms with van der Waals surface area (Å²) in [6, 6.07) is 8.99. The van der Waals surface area contributed by atoms with Crippen molar-refractivity contribution in [3.63, 3.8) is 0 Å². The molecule has 11 nitrogen and oxygen atoms in total. The fraction of sp³-hybridized carbons (Fsp3) is 0.273. The summed E-state index contributed by atoms with van der Waals surface area (Å²) in [5.74, 6) is -0.578. The van der Waals surface area contributed by atoms with Crippen molar-refractivity contribution in [2.75, 3.05) is 13.1 Å². The van der Waals surface area contributed by atoms with Crippen molar-refractivity contribution < 1.29 is 32.3 Å². The topological polar surface area (TPSA) is 157 Å². The molecule has 2 N–H and O–H groups in total. The monoisotopic (exact) mass is 485 g/mol. The van der Waals surface area contributed by atoms with Gasteiger partial charge in [-0.25, -0.2) is 13.2 Å². The summed E-state index contributed by atoms with van der Waals surface area (Å²) in [6.45, 7) is -0.285. The Hall–Kier alpha value is -3.64.